The molecule has 1 heterocycles. The van der Waals surface area contributed by atoms with Crippen molar-refractivity contribution in [3.8, 4) is 16.9 Å². The first kappa shape index (κ1) is 25.0. The van der Waals surface area contributed by atoms with Gasteiger partial charge in [0.05, 0.1) is 12.6 Å². The van der Waals surface area contributed by atoms with Crippen LogP contribution in [-0.2, 0) is 11.3 Å². The van der Waals surface area contributed by atoms with Gasteiger partial charge in [0.25, 0.3) is 0 Å². The number of Topliss-reactive ketones (excluding diaryl/α,β-unsaturated/α-hetero) is 1. The van der Waals surface area contributed by atoms with Crippen molar-refractivity contribution in [1.29, 1.82) is 0 Å². The number of ketones is 1. The lowest BCUT2D eigenvalue weighted by molar-refractivity contribution is -0.120. The second kappa shape index (κ2) is 11.0. The molecule has 0 fully saturated rings. The van der Waals surface area contributed by atoms with Gasteiger partial charge in [0.1, 0.15) is 5.75 Å². The van der Waals surface area contributed by atoms with E-state index >= 15 is 0 Å². The molecule has 0 radical (unpaired) electrons. The Hall–Kier alpha value is -2.68. The van der Waals surface area contributed by atoms with Crippen LogP contribution in [0.15, 0.2) is 72.3 Å². The number of rotatable bonds is 6. The van der Waals surface area contributed by atoms with Crippen LogP contribution in [0.1, 0.15) is 29.2 Å². The fourth-order valence-electron chi connectivity index (χ4n) is 4.07. The van der Waals surface area contributed by atoms with E-state index in [0.29, 0.717) is 25.3 Å². The lowest BCUT2D eigenvalue weighted by atomic mass is 9.93. The molecule has 0 bridgehead atoms. The maximum Gasteiger partial charge on any atom is 0.180 e. The Morgan fingerprint density at radius 2 is 1.67 bits per heavy atom. The number of carbonyl (C=O) groups is 1. The summed E-state index contributed by atoms with van der Waals surface area (Å²) in [7, 11) is 3.84. The Morgan fingerprint density at radius 3 is 2.30 bits per heavy atom. The Morgan fingerprint density at radius 1 is 1.00 bits per heavy atom. The molecule has 0 amide bonds. The van der Waals surface area contributed by atoms with Crippen LogP contribution in [0.2, 0.25) is 0 Å². The number of halogens is 1. The Bertz CT molecular complexity index is 1140. The zero-order chi connectivity index (χ0) is 22.7. The van der Waals surface area contributed by atoms with E-state index in [9.17, 15) is 4.79 Å². The van der Waals surface area contributed by atoms with E-state index < -0.39 is 0 Å². The summed E-state index contributed by atoms with van der Waals surface area (Å²) in [5.41, 5.74) is 18.1. The summed E-state index contributed by atoms with van der Waals surface area (Å²) in [6.07, 6.45) is 2.55. The molecule has 0 aliphatic carbocycles. The fourth-order valence-corrected chi connectivity index (χ4v) is 4.07. The van der Waals surface area contributed by atoms with Crippen molar-refractivity contribution in [2.75, 3.05) is 26.4 Å². The normalized spacial score (nSPS) is 13.8. The minimum absolute atomic E-state index is 0. The van der Waals surface area contributed by atoms with Crippen LogP contribution in [0.3, 0.4) is 0 Å². The van der Waals surface area contributed by atoms with Crippen molar-refractivity contribution in [2.45, 2.75) is 19.0 Å². The van der Waals surface area contributed by atoms with E-state index in [1.165, 1.54) is 0 Å². The average molecular weight is 555 g/mol. The van der Waals surface area contributed by atoms with Gasteiger partial charge < -0.3 is 16.2 Å². The minimum atomic E-state index is -0.379. The van der Waals surface area contributed by atoms with Gasteiger partial charge in [-0.3, -0.25) is 9.69 Å². The average Bonchev–Trinajstić information content (AvgIpc) is 3.02. The predicted octanol–water partition coefficient (Wildman–Crippen LogP) is 5.05. The zero-order valence-corrected chi connectivity index (χ0v) is 21.3. The van der Waals surface area contributed by atoms with E-state index in [-0.39, 0.29) is 35.8 Å². The second-order valence-electron chi connectivity index (χ2n) is 8.32. The topological polar surface area (TPSA) is 81.6 Å². The van der Waals surface area contributed by atoms with E-state index in [0.717, 1.165) is 39.1 Å². The third kappa shape index (κ3) is 5.63. The van der Waals surface area contributed by atoms with Crippen molar-refractivity contribution >= 4 is 41.5 Å². The molecule has 1 atom stereocenters. The highest BCUT2D eigenvalue weighted by atomic mass is 127. The van der Waals surface area contributed by atoms with E-state index in [1.807, 2.05) is 73.6 Å². The van der Waals surface area contributed by atoms with Gasteiger partial charge in [-0.25, -0.2) is 0 Å². The third-order valence-corrected chi connectivity index (χ3v) is 5.82. The highest BCUT2D eigenvalue weighted by Gasteiger charge is 2.27. The standard InChI is InChI=1S/C27H29N3O2.HI/c1-30(2)26(20-7-10-24(29)11-8-20)27(31)22-13-14-32-25-12-9-21(15-23(25)16-22)19-5-3-18(17-28)4-6-19;/h3-12,15-16,26H,13-14,17,28-29H2,1-2H3;1H. The summed E-state index contributed by atoms with van der Waals surface area (Å²) in [5, 5.41) is 0. The number of hydrogen-bond donors (Lipinski definition) is 2. The van der Waals surface area contributed by atoms with Crippen LogP contribution in [0.4, 0.5) is 5.69 Å². The Labute approximate surface area is 212 Å². The van der Waals surface area contributed by atoms with Crippen molar-refractivity contribution in [2.24, 2.45) is 5.73 Å². The molecule has 0 saturated carbocycles. The van der Waals surface area contributed by atoms with Gasteiger partial charge in [0.2, 0.25) is 0 Å². The number of ether oxygens (including phenoxy) is 1. The van der Waals surface area contributed by atoms with Crippen LogP contribution < -0.4 is 16.2 Å². The van der Waals surface area contributed by atoms with Gasteiger partial charge in [-0.2, -0.15) is 0 Å². The van der Waals surface area contributed by atoms with Gasteiger partial charge in [-0.1, -0.05) is 42.5 Å². The highest BCUT2D eigenvalue weighted by Crippen LogP contribution is 2.33. The number of nitrogen functional groups attached to an aromatic ring is 1. The highest BCUT2D eigenvalue weighted by molar-refractivity contribution is 14.0. The summed E-state index contributed by atoms with van der Waals surface area (Å²) in [6.45, 7) is 0.991. The second-order valence-corrected chi connectivity index (χ2v) is 8.32. The number of fused-ring (bicyclic) bond motifs is 1. The largest absolute Gasteiger partial charge is 0.493 e. The molecule has 0 aromatic heterocycles. The number of likely N-dealkylation sites (N-methyl/N-ethyl adjacent to an activating group) is 1. The Kier molecular flexibility index (Phi) is 8.29. The van der Waals surface area contributed by atoms with Crippen LogP contribution >= 0.6 is 24.0 Å². The van der Waals surface area contributed by atoms with Gasteiger partial charge >= 0.3 is 0 Å². The van der Waals surface area contributed by atoms with Gasteiger partial charge in [0.15, 0.2) is 5.78 Å². The molecule has 3 aromatic rings. The lowest BCUT2D eigenvalue weighted by Crippen LogP contribution is -2.29. The molecule has 0 saturated heterocycles. The van der Waals surface area contributed by atoms with E-state index in [1.54, 1.807) is 0 Å². The van der Waals surface area contributed by atoms with Crippen molar-refractivity contribution in [3.05, 3.63) is 89.0 Å². The van der Waals surface area contributed by atoms with Crippen molar-refractivity contribution in [1.82, 2.24) is 4.90 Å². The number of nitrogens with two attached hydrogens (primary N) is 2. The van der Waals surface area contributed by atoms with Crippen molar-refractivity contribution in [3.63, 3.8) is 0 Å². The van der Waals surface area contributed by atoms with E-state index in [2.05, 4.69) is 18.2 Å². The summed E-state index contributed by atoms with van der Waals surface area (Å²) in [5.74, 6) is 0.873. The van der Waals surface area contributed by atoms with Crippen LogP contribution in [-0.4, -0.2) is 31.4 Å². The molecule has 5 nitrogen and oxygen atoms in total. The molecule has 33 heavy (non-hydrogen) atoms. The molecule has 1 unspecified atom stereocenters. The van der Waals surface area contributed by atoms with Crippen LogP contribution in [0.5, 0.6) is 5.75 Å². The number of hydrogen-bond acceptors (Lipinski definition) is 5. The molecule has 0 spiro atoms. The summed E-state index contributed by atoms with van der Waals surface area (Å²) in [6, 6.07) is 21.5. The summed E-state index contributed by atoms with van der Waals surface area (Å²) in [4.78, 5) is 15.5. The molecule has 6 heteroatoms. The monoisotopic (exact) mass is 555 g/mol. The summed E-state index contributed by atoms with van der Waals surface area (Å²) < 4.78 is 5.97. The maximum absolute atomic E-state index is 13.6. The molecular formula is C27H30IN3O2. The number of nitrogens with zero attached hydrogens (tertiary/aromatic N) is 1. The smallest absolute Gasteiger partial charge is 0.180 e. The maximum atomic E-state index is 13.6. The molecule has 1 aliphatic rings. The molecule has 1 aliphatic heterocycles. The zero-order valence-electron chi connectivity index (χ0n) is 19.0. The third-order valence-electron chi connectivity index (χ3n) is 5.82. The van der Waals surface area contributed by atoms with E-state index in [4.69, 9.17) is 16.2 Å². The first-order valence-corrected chi connectivity index (χ1v) is 10.8. The molecule has 4 rings (SSSR count). The first-order chi connectivity index (χ1) is 15.5. The van der Waals surface area contributed by atoms with Gasteiger partial charge in [0, 0.05) is 29.8 Å². The molecule has 172 valence electrons. The molecule has 4 N–H and O–H groups in total. The van der Waals surface area contributed by atoms with Gasteiger partial charge in [-0.05, 0) is 66.7 Å². The quantitative estimate of drug-likeness (QED) is 0.329. The summed E-state index contributed by atoms with van der Waals surface area (Å²) >= 11 is 0. The number of carbonyl (C=O) groups excluding carboxylic acids is 1. The van der Waals surface area contributed by atoms with Crippen LogP contribution in [0, 0.1) is 0 Å². The predicted molar refractivity (Wildman–Crippen MR) is 146 cm³/mol. The SMILES string of the molecule is CN(C)C(C(=O)C1=Cc2cc(-c3ccc(CN)cc3)ccc2OCC1)c1ccc(N)cc1.I. The molecule has 3 aromatic carbocycles. The van der Waals surface area contributed by atoms with Crippen LogP contribution in [0.25, 0.3) is 17.2 Å². The first-order valence-electron chi connectivity index (χ1n) is 10.8. The lowest BCUT2D eigenvalue weighted by Gasteiger charge is -2.24. The van der Waals surface area contributed by atoms with Gasteiger partial charge in [-0.15, -0.1) is 24.0 Å². The minimum Gasteiger partial charge on any atom is -0.493 e. The Balaban J connectivity index is 0.00000306. The number of benzene rings is 3. The molecular weight excluding hydrogens is 525 g/mol. The number of anilines is 1. The van der Waals surface area contributed by atoms with Crippen molar-refractivity contribution < 1.29 is 9.53 Å². The fraction of sp³-hybridized carbons (Fsp3) is 0.222.